The Bertz CT molecular complexity index is 943. The van der Waals surface area contributed by atoms with Crippen LogP contribution in [0.5, 0.6) is 11.5 Å². The molecule has 2 aromatic carbocycles. The Morgan fingerprint density at radius 3 is 2.50 bits per heavy atom. The Balaban J connectivity index is 1.42. The SMILES string of the molecule is O=C(Nc1ccc(Nc2ccc3c(c2)OCO3)cn1)c1ccc(F)cc1. The highest BCUT2D eigenvalue weighted by Crippen LogP contribution is 2.35. The first-order chi connectivity index (χ1) is 12.7. The van der Waals surface area contributed by atoms with E-state index in [1.54, 1.807) is 18.3 Å². The standard InChI is InChI=1S/C19H14FN3O3/c20-13-3-1-12(2-4-13)19(24)23-18-8-6-15(10-21-18)22-14-5-7-16-17(9-14)26-11-25-16/h1-10,22H,11H2,(H,21,23,24). The summed E-state index contributed by atoms with van der Waals surface area (Å²) in [6.45, 7) is 0.225. The van der Waals surface area contributed by atoms with Gasteiger partial charge in [-0.1, -0.05) is 0 Å². The van der Waals surface area contributed by atoms with Crippen LogP contribution in [0.2, 0.25) is 0 Å². The number of ether oxygens (including phenoxy) is 2. The number of aromatic nitrogens is 1. The van der Waals surface area contributed by atoms with Crippen molar-refractivity contribution < 1.29 is 18.7 Å². The Kier molecular flexibility index (Phi) is 4.10. The first-order valence-corrected chi connectivity index (χ1v) is 7.87. The van der Waals surface area contributed by atoms with E-state index < -0.39 is 5.82 Å². The summed E-state index contributed by atoms with van der Waals surface area (Å²) < 4.78 is 23.5. The predicted molar refractivity (Wildman–Crippen MR) is 94.4 cm³/mol. The van der Waals surface area contributed by atoms with Crippen LogP contribution in [-0.2, 0) is 0 Å². The third-order valence-corrected chi connectivity index (χ3v) is 3.77. The fourth-order valence-electron chi connectivity index (χ4n) is 2.47. The molecule has 0 atom stereocenters. The molecular weight excluding hydrogens is 337 g/mol. The second kappa shape index (κ2) is 6.72. The summed E-state index contributed by atoms with van der Waals surface area (Å²) in [6.07, 6.45) is 1.60. The molecule has 4 rings (SSSR count). The quantitative estimate of drug-likeness (QED) is 0.745. The molecule has 0 saturated heterocycles. The van der Waals surface area contributed by atoms with E-state index in [1.165, 1.54) is 24.3 Å². The van der Waals surface area contributed by atoms with Crippen LogP contribution in [0.25, 0.3) is 0 Å². The lowest BCUT2D eigenvalue weighted by molar-refractivity contribution is 0.102. The topological polar surface area (TPSA) is 72.5 Å². The Morgan fingerprint density at radius 1 is 0.962 bits per heavy atom. The first kappa shape index (κ1) is 15.9. The molecule has 2 N–H and O–H groups in total. The lowest BCUT2D eigenvalue weighted by atomic mass is 10.2. The zero-order valence-electron chi connectivity index (χ0n) is 13.5. The lowest BCUT2D eigenvalue weighted by Gasteiger charge is -2.08. The number of carbonyl (C=O) groups excluding carboxylic acids is 1. The predicted octanol–water partition coefficient (Wildman–Crippen LogP) is 3.95. The van der Waals surface area contributed by atoms with Crippen molar-refractivity contribution in [1.82, 2.24) is 4.98 Å². The number of nitrogens with one attached hydrogen (secondary N) is 2. The number of amides is 1. The van der Waals surface area contributed by atoms with E-state index in [9.17, 15) is 9.18 Å². The van der Waals surface area contributed by atoms with E-state index in [4.69, 9.17) is 9.47 Å². The molecular formula is C19H14FN3O3. The minimum Gasteiger partial charge on any atom is -0.454 e. The van der Waals surface area contributed by atoms with Crippen molar-refractivity contribution in [3.63, 3.8) is 0 Å². The molecule has 0 spiro atoms. The third-order valence-electron chi connectivity index (χ3n) is 3.77. The molecule has 26 heavy (non-hydrogen) atoms. The van der Waals surface area contributed by atoms with Crippen LogP contribution in [-0.4, -0.2) is 17.7 Å². The number of anilines is 3. The monoisotopic (exact) mass is 351 g/mol. The molecule has 2 heterocycles. The summed E-state index contributed by atoms with van der Waals surface area (Å²) in [5, 5.41) is 5.87. The van der Waals surface area contributed by atoms with Gasteiger partial charge < -0.3 is 20.1 Å². The molecule has 0 saturated carbocycles. The van der Waals surface area contributed by atoms with Crippen LogP contribution in [0.3, 0.4) is 0 Å². The first-order valence-electron chi connectivity index (χ1n) is 7.87. The van der Waals surface area contributed by atoms with Crippen molar-refractivity contribution in [3.8, 4) is 11.5 Å². The summed E-state index contributed by atoms with van der Waals surface area (Å²) in [5.74, 6) is 1.06. The normalized spacial score (nSPS) is 11.9. The second-order valence-electron chi connectivity index (χ2n) is 5.59. The largest absolute Gasteiger partial charge is 0.454 e. The summed E-state index contributed by atoms with van der Waals surface area (Å²) in [4.78, 5) is 16.3. The number of rotatable bonds is 4. The number of benzene rings is 2. The molecule has 7 heteroatoms. The number of nitrogens with zero attached hydrogens (tertiary/aromatic N) is 1. The van der Waals surface area contributed by atoms with Gasteiger partial charge in [0.2, 0.25) is 6.79 Å². The molecule has 1 aromatic heterocycles. The van der Waals surface area contributed by atoms with Crippen molar-refractivity contribution in [3.05, 3.63) is 72.2 Å². The Labute approximate surface area is 148 Å². The van der Waals surface area contributed by atoms with E-state index in [2.05, 4.69) is 15.6 Å². The third kappa shape index (κ3) is 3.41. The minimum absolute atomic E-state index is 0.225. The molecule has 130 valence electrons. The smallest absolute Gasteiger partial charge is 0.256 e. The second-order valence-corrected chi connectivity index (χ2v) is 5.59. The summed E-state index contributed by atoms with van der Waals surface area (Å²) in [6, 6.07) is 14.3. The molecule has 3 aromatic rings. The van der Waals surface area contributed by atoms with Crippen molar-refractivity contribution in [2.45, 2.75) is 0 Å². The molecule has 0 bridgehead atoms. The van der Waals surface area contributed by atoms with E-state index in [1.807, 2.05) is 18.2 Å². The molecule has 1 aliphatic rings. The van der Waals surface area contributed by atoms with Gasteiger partial charge in [0, 0.05) is 17.3 Å². The van der Waals surface area contributed by atoms with Crippen molar-refractivity contribution in [1.29, 1.82) is 0 Å². The highest BCUT2D eigenvalue weighted by Gasteiger charge is 2.13. The fourth-order valence-corrected chi connectivity index (χ4v) is 2.47. The number of pyridine rings is 1. The van der Waals surface area contributed by atoms with Gasteiger partial charge in [-0.25, -0.2) is 9.37 Å². The number of halogens is 1. The van der Waals surface area contributed by atoms with Crippen LogP contribution in [0.4, 0.5) is 21.6 Å². The molecule has 1 aliphatic heterocycles. The van der Waals surface area contributed by atoms with Crippen LogP contribution in [0, 0.1) is 5.82 Å². The van der Waals surface area contributed by atoms with Crippen molar-refractivity contribution >= 4 is 23.1 Å². The van der Waals surface area contributed by atoms with Crippen molar-refractivity contribution in [2.75, 3.05) is 17.4 Å². The number of fused-ring (bicyclic) bond motifs is 1. The average molecular weight is 351 g/mol. The fraction of sp³-hybridized carbons (Fsp3) is 0.0526. The van der Waals surface area contributed by atoms with Gasteiger partial charge in [0.05, 0.1) is 11.9 Å². The van der Waals surface area contributed by atoms with Gasteiger partial charge in [-0.15, -0.1) is 0 Å². The van der Waals surface area contributed by atoms with Gasteiger partial charge in [0.25, 0.3) is 5.91 Å². The van der Waals surface area contributed by atoms with Crippen LogP contribution < -0.4 is 20.1 Å². The van der Waals surface area contributed by atoms with Gasteiger partial charge >= 0.3 is 0 Å². The van der Waals surface area contributed by atoms with Gasteiger partial charge in [0.1, 0.15) is 11.6 Å². The summed E-state index contributed by atoms with van der Waals surface area (Å²) in [7, 11) is 0. The molecule has 0 unspecified atom stereocenters. The van der Waals surface area contributed by atoms with Crippen LogP contribution in [0.15, 0.2) is 60.8 Å². The maximum atomic E-state index is 12.9. The maximum absolute atomic E-state index is 12.9. The molecule has 1 amide bonds. The molecule has 0 aliphatic carbocycles. The van der Waals surface area contributed by atoms with Gasteiger partial charge in [-0.05, 0) is 48.5 Å². The van der Waals surface area contributed by atoms with Gasteiger partial charge in [0.15, 0.2) is 11.5 Å². The van der Waals surface area contributed by atoms with Gasteiger partial charge in [-0.2, -0.15) is 0 Å². The van der Waals surface area contributed by atoms with E-state index in [0.717, 1.165) is 11.4 Å². The Morgan fingerprint density at radius 2 is 1.73 bits per heavy atom. The summed E-state index contributed by atoms with van der Waals surface area (Å²) >= 11 is 0. The lowest BCUT2D eigenvalue weighted by Crippen LogP contribution is -2.12. The van der Waals surface area contributed by atoms with E-state index >= 15 is 0 Å². The number of hydrogen-bond acceptors (Lipinski definition) is 5. The highest BCUT2D eigenvalue weighted by atomic mass is 19.1. The van der Waals surface area contributed by atoms with E-state index in [0.29, 0.717) is 22.9 Å². The van der Waals surface area contributed by atoms with Gasteiger partial charge in [-0.3, -0.25) is 4.79 Å². The maximum Gasteiger partial charge on any atom is 0.256 e. The average Bonchev–Trinajstić information content (AvgIpc) is 3.12. The zero-order chi connectivity index (χ0) is 17.9. The summed E-state index contributed by atoms with van der Waals surface area (Å²) in [5.41, 5.74) is 1.94. The Hall–Kier alpha value is -3.61. The molecule has 0 fully saturated rings. The molecule has 6 nitrogen and oxygen atoms in total. The zero-order valence-corrected chi connectivity index (χ0v) is 13.5. The molecule has 0 radical (unpaired) electrons. The van der Waals surface area contributed by atoms with E-state index in [-0.39, 0.29) is 12.7 Å². The number of hydrogen-bond donors (Lipinski definition) is 2. The van der Waals surface area contributed by atoms with Crippen LogP contribution in [0.1, 0.15) is 10.4 Å². The van der Waals surface area contributed by atoms with Crippen LogP contribution >= 0.6 is 0 Å². The number of carbonyl (C=O) groups is 1. The minimum atomic E-state index is -0.390. The highest BCUT2D eigenvalue weighted by molar-refractivity contribution is 6.03. The van der Waals surface area contributed by atoms with Crippen molar-refractivity contribution in [2.24, 2.45) is 0 Å².